The monoisotopic (exact) mass is 355 g/mol. The van der Waals surface area contributed by atoms with Gasteiger partial charge < -0.3 is 19.7 Å². The van der Waals surface area contributed by atoms with Crippen LogP contribution in [0.4, 0.5) is 5.69 Å². The molecule has 0 radical (unpaired) electrons. The van der Waals surface area contributed by atoms with Crippen LogP contribution in [0, 0.1) is 0 Å². The zero-order chi connectivity index (χ0) is 15.9. The summed E-state index contributed by atoms with van der Waals surface area (Å²) in [4.78, 5) is 2.59. The minimum atomic E-state index is -1.64. The number of anilines is 1. The van der Waals surface area contributed by atoms with Gasteiger partial charge in [-0.25, -0.2) is 0 Å². The Labute approximate surface area is 140 Å². The summed E-state index contributed by atoms with van der Waals surface area (Å²) in [6, 6.07) is 12.6. The van der Waals surface area contributed by atoms with Crippen molar-refractivity contribution in [2.24, 2.45) is 0 Å². The van der Waals surface area contributed by atoms with E-state index in [2.05, 4.69) is 0 Å². The fourth-order valence-corrected chi connectivity index (χ4v) is 4.57. The second-order valence-electron chi connectivity index (χ2n) is 4.71. The second-order valence-corrected chi connectivity index (χ2v) is 7.35. The first-order valence-electron chi connectivity index (χ1n) is 6.42. The van der Waals surface area contributed by atoms with Gasteiger partial charge in [0.05, 0.1) is 5.69 Å². The van der Waals surface area contributed by atoms with E-state index in [0.29, 0.717) is 10.9 Å². The molecule has 4 nitrogen and oxygen atoms in total. The molecule has 8 heteroatoms. The first kappa shape index (κ1) is 15.7. The van der Waals surface area contributed by atoms with Gasteiger partial charge in [-0.2, -0.15) is 0 Å². The quantitative estimate of drug-likeness (QED) is 0.641. The Kier molecular flexibility index (Phi) is 4.39. The molecule has 0 fully saturated rings. The molecule has 22 heavy (non-hydrogen) atoms. The fourth-order valence-electron chi connectivity index (χ4n) is 2.17. The van der Waals surface area contributed by atoms with E-state index >= 15 is 0 Å². The largest absolute Gasteiger partial charge is 0.490 e. The summed E-state index contributed by atoms with van der Waals surface area (Å²) in [5, 5.41) is 19.6. The SMILES string of the molecule is CN1C(Oc2ccccc2)=S(Cl)c2cc(Cl)c(B(O)O)cc21. The highest BCUT2D eigenvalue weighted by molar-refractivity contribution is 8.35. The maximum Gasteiger partial charge on any atom is 0.490 e. The summed E-state index contributed by atoms with van der Waals surface area (Å²) in [7, 11) is 5.87. The highest BCUT2D eigenvalue weighted by Gasteiger charge is 2.30. The number of benzene rings is 2. The van der Waals surface area contributed by atoms with Crippen molar-refractivity contribution >= 4 is 55.4 Å². The molecule has 0 aromatic heterocycles. The number of hydrogen-bond donors (Lipinski definition) is 2. The van der Waals surface area contributed by atoms with Gasteiger partial charge in [0.15, 0.2) is 0 Å². The second kappa shape index (κ2) is 6.14. The Hall–Kier alpha value is -1.18. The van der Waals surface area contributed by atoms with Crippen molar-refractivity contribution in [2.75, 3.05) is 11.9 Å². The van der Waals surface area contributed by atoms with E-state index in [9.17, 15) is 10.0 Å². The third-order valence-corrected chi connectivity index (χ3v) is 5.89. The average molecular weight is 356 g/mol. The van der Waals surface area contributed by atoms with E-state index < -0.39 is 16.8 Å². The van der Waals surface area contributed by atoms with Crippen LogP contribution in [0.5, 0.6) is 5.75 Å². The van der Waals surface area contributed by atoms with E-state index in [-0.39, 0.29) is 10.5 Å². The van der Waals surface area contributed by atoms with Crippen LogP contribution in [0.25, 0.3) is 0 Å². The molecule has 1 heterocycles. The minimum Gasteiger partial charge on any atom is -0.434 e. The predicted octanol–water partition coefficient (Wildman–Crippen LogP) is 2.42. The Morgan fingerprint density at radius 2 is 1.86 bits per heavy atom. The van der Waals surface area contributed by atoms with E-state index in [0.717, 1.165) is 10.6 Å². The van der Waals surface area contributed by atoms with Crippen molar-refractivity contribution < 1.29 is 14.8 Å². The molecule has 3 rings (SSSR count). The van der Waals surface area contributed by atoms with Crippen molar-refractivity contribution in [3.8, 4) is 5.75 Å². The van der Waals surface area contributed by atoms with Gasteiger partial charge in [0.1, 0.15) is 5.75 Å². The first-order valence-corrected chi connectivity index (χ1v) is 8.85. The van der Waals surface area contributed by atoms with Crippen molar-refractivity contribution in [3.05, 3.63) is 47.5 Å². The Balaban J connectivity index is 2.01. The third-order valence-electron chi connectivity index (χ3n) is 3.29. The first-order chi connectivity index (χ1) is 10.5. The number of hydrogen-bond acceptors (Lipinski definition) is 4. The highest BCUT2D eigenvalue weighted by Crippen LogP contribution is 2.47. The molecule has 114 valence electrons. The zero-order valence-electron chi connectivity index (χ0n) is 11.5. The number of halogens is 2. The van der Waals surface area contributed by atoms with Crippen LogP contribution in [0.1, 0.15) is 0 Å². The predicted molar refractivity (Wildman–Crippen MR) is 93.5 cm³/mol. The molecule has 1 aliphatic heterocycles. The molecule has 0 aliphatic carbocycles. The lowest BCUT2D eigenvalue weighted by molar-refractivity contribution is 0.426. The number of nitrogens with zero attached hydrogens (tertiary/aromatic N) is 1. The van der Waals surface area contributed by atoms with Gasteiger partial charge in [0, 0.05) is 32.1 Å². The minimum absolute atomic E-state index is 0.238. The van der Waals surface area contributed by atoms with Crippen LogP contribution in [-0.2, 0) is 0 Å². The van der Waals surface area contributed by atoms with E-state index in [1.807, 2.05) is 37.4 Å². The molecule has 0 saturated heterocycles. The summed E-state index contributed by atoms with van der Waals surface area (Å²) < 4.78 is 5.88. The molecule has 2 aromatic carbocycles. The molecule has 0 bridgehead atoms. The molecule has 0 spiro atoms. The molecule has 1 atom stereocenters. The lowest BCUT2D eigenvalue weighted by Gasteiger charge is -2.18. The van der Waals surface area contributed by atoms with Gasteiger partial charge in [-0.3, -0.25) is 0 Å². The Morgan fingerprint density at radius 1 is 1.18 bits per heavy atom. The highest BCUT2D eigenvalue weighted by atomic mass is 35.7. The smallest absolute Gasteiger partial charge is 0.434 e. The molecular weight excluding hydrogens is 344 g/mol. The van der Waals surface area contributed by atoms with Crippen LogP contribution in [0.15, 0.2) is 47.4 Å². The van der Waals surface area contributed by atoms with E-state index in [1.54, 1.807) is 17.0 Å². The zero-order valence-corrected chi connectivity index (χ0v) is 13.9. The molecule has 2 N–H and O–H groups in total. The Bertz CT molecular complexity index is 755. The van der Waals surface area contributed by atoms with E-state index in [1.165, 1.54) is 0 Å². The van der Waals surface area contributed by atoms with Gasteiger partial charge in [-0.15, -0.1) is 0 Å². The summed E-state index contributed by atoms with van der Waals surface area (Å²) in [5.41, 5.74) is 0.985. The van der Waals surface area contributed by atoms with Crippen LogP contribution in [-0.4, -0.2) is 29.4 Å². The van der Waals surface area contributed by atoms with Crippen LogP contribution < -0.4 is 15.1 Å². The van der Waals surface area contributed by atoms with Crippen LogP contribution >= 0.6 is 32.0 Å². The van der Waals surface area contributed by atoms with Gasteiger partial charge in [-0.1, -0.05) is 29.8 Å². The maximum atomic E-state index is 9.37. The van der Waals surface area contributed by atoms with Crippen molar-refractivity contribution in [3.63, 3.8) is 0 Å². The van der Waals surface area contributed by atoms with Crippen LogP contribution in [0.2, 0.25) is 5.02 Å². The summed E-state index contributed by atoms with van der Waals surface area (Å²) in [6.07, 6.45) is 0. The van der Waals surface area contributed by atoms with Gasteiger partial charge in [0.2, 0.25) is 5.17 Å². The van der Waals surface area contributed by atoms with E-state index in [4.69, 9.17) is 27.0 Å². The van der Waals surface area contributed by atoms with Gasteiger partial charge >= 0.3 is 7.12 Å². The molecular formula is C14H12BCl2NO3S. The Morgan fingerprint density at radius 3 is 2.50 bits per heavy atom. The van der Waals surface area contributed by atoms with Crippen molar-refractivity contribution in [1.82, 2.24) is 0 Å². The van der Waals surface area contributed by atoms with Crippen molar-refractivity contribution in [2.45, 2.75) is 4.90 Å². The summed E-state index contributed by atoms with van der Waals surface area (Å²) in [6.45, 7) is 0. The summed E-state index contributed by atoms with van der Waals surface area (Å²) in [5.74, 6) is 0.684. The fraction of sp³-hybridized carbons (Fsp3) is 0.0714. The molecule has 2 aromatic rings. The topological polar surface area (TPSA) is 52.9 Å². The average Bonchev–Trinajstić information content (AvgIpc) is 2.72. The molecule has 0 amide bonds. The number of ether oxygens (including phenoxy) is 1. The lowest BCUT2D eigenvalue weighted by Crippen LogP contribution is -2.33. The maximum absolute atomic E-state index is 9.37. The normalized spacial score (nSPS) is 16.7. The lowest BCUT2D eigenvalue weighted by atomic mass is 9.80. The van der Waals surface area contributed by atoms with Gasteiger partial charge in [-0.05, 0) is 34.9 Å². The molecule has 0 saturated carbocycles. The number of para-hydroxylation sites is 1. The molecule has 1 aliphatic rings. The number of fused-ring (bicyclic) bond motifs is 1. The third kappa shape index (κ3) is 2.73. The standard InChI is InChI=1S/C14H12BCl2NO3S/c1-18-12-7-10(15(19)20)11(16)8-13(12)22(17)14(18)21-9-5-3-2-4-6-9/h2-8,19-20H,1H3. The van der Waals surface area contributed by atoms with Crippen LogP contribution in [0.3, 0.4) is 0 Å². The summed E-state index contributed by atoms with van der Waals surface area (Å²) >= 11 is 6.08. The van der Waals surface area contributed by atoms with Gasteiger partial charge in [0.25, 0.3) is 0 Å². The van der Waals surface area contributed by atoms with Crippen molar-refractivity contribution in [1.29, 1.82) is 0 Å². The number of rotatable bonds is 2. The molecule has 1 unspecified atom stereocenters.